The number of nitrogens with zero attached hydrogens (tertiary/aromatic N) is 1. The molecule has 1 fully saturated rings. The molecular formula is C14H15Cl2NO2. The van der Waals surface area contributed by atoms with Crippen molar-refractivity contribution >= 4 is 35.2 Å². The highest BCUT2D eigenvalue weighted by Gasteiger charge is 2.20. The molecule has 0 radical (unpaired) electrons. The Morgan fingerprint density at radius 2 is 2.21 bits per heavy atom. The molecule has 0 unspecified atom stereocenters. The second-order valence-corrected chi connectivity index (χ2v) is 5.42. The highest BCUT2D eigenvalue weighted by molar-refractivity contribution is 6.34. The first-order valence-electron chi connectivity index (χ1n) is 6.16. The molecule has 0 saturated carbocycles. The maximum Gasteiger partial charge on any atom is 0.246 e. The van der Waals surface area contributed by atoms with Crippen LogP contribution < -0.4 is 0 Å². The van der Waals surface area contributed by atoms with Crippen LogP contribution in [0.25, 0.3) is 6.08 Å². The number of halogens is 2. The highest BCUT2D eigenvalue weighted by Crippen LogP contribution is 2.22. The topological polar surface area (TPSA) is 40.5 Å². The van der Waals surface area contributed by atoms with Crippen molar-refractivity contribution in [3.8, 4) is 0 Å². The van der Waals surface area contributed by atoms with Crippen molar-refractivity contribution < 1.29 is 9.90 Å². The first-order chi connectivity index (χ1) is 9.06. The number of amides is 1. The number of carbonyl (C=O) groups excluding carboxylic acids is 1. The Bertz CT molecular complexity index is 502. The minimum absolute atomic E-state index is 0.116. The zero-order valence-electron chi connectivity index (χ0n) is 10.4. The molecule has 1 heterocycles. The fourth-order valence-corrected chi connectivity index (χ4v) is 2.42. The van der Waals surface area contributed by atoms with Crippen molar-refractivity contribution in [1.29, 1.82) is 0 Å². The van der Waals surface area contributed by atoms with Gasteiger partial charge in [0.05, 0.1) is 6.10 Å². The van der Waals surface area contributed by atoms with Gasteiger partial charge in [-0.15, -0.1) is 0 Å². The van der Waals surface area contributed by atoms with E-state index in [1.807, 2.05) is 0 Å². The number of hydrogen-bond donors (Lipinski definition) is 1. The summed E-state index contributed by atoms with van der Waals surface area (Å²) in [6, 6.07) is 5.10. The van der Waals surface area contributed by atoms with Crippen molar-refractivity contribution in [1.82, 2.24) is 4.90 Å². The van der Waals surface area contributed by atoms with E-state index in [0.29, 0.717) is 28.7 Å². The van der Waals surface area contributed by atoms with E-state index in [4.69, 9.17) is 23.2 Å². The molecule has 1 N–H and O–H groups in total. The lowest BCUT2D eigenvalue weighted by Crippen LogP contribution is -2.41. The SMILES string of the molecule is O=C(/C=C/c1cc(Cl)ccc1Cl)N1CCC[C@H](O)C1. The summed E-state index contributed by atoms with van der Waals surface area (Å²) in [5.41, 5.74) is 0.708. The minimum Gasteiger partial charge on any atom is -0.391 e. The quantitative estimate of drug-likeness (QED) is 0.853. The van der Waals surface area contributed by atoms with Gasteiger partial charge in [0.1, 0.15) is 0 Å². The number of piperidine rings is 1. The van der Waals surface area contributed by atoms with E-state index < -0.39 is 6.10 Å². The van der Waals surface area contributed by atoms with Gasteiger partial charge in [-0.2, -0.15) is 0 Å². The summed E-state index contributed by atoms with van der Waals surface area (Å²) >= 11 is 11.9. The van der Waals surface area contributed by atoms with Crippen LogP contribution >= 0.6 is 23.2 Å². The molecule has 1 aliphatic heterocycles. The molecular weight excluding hydrogens is 285 g/mol. The predicted octanol–water partition coefficient (Wildman–Crippen LogP) is 2.99. The van der Waals surface area contributed by atoms with Gasteiger partial charge in [0.2, 0.25) is 5.91 Å². The lowest BCUT2D eigenvalue weighted by Gasteiger charge is -2.29. The zero-order chi connectivity index (χ0) is 13.8. The molecule has 1 atom stereocenters. The molecule has 1 saturated heterocycles. The molecule has 1 aliphatic rings. The van der Waals surface area contributed by atoms with E-state index in [9.17, 15) is 9.90 Å². The van der Waals surface area contributed by atoms with Crippen molar-refractivity contribution in [3.63, 3.8) is 0 Å². The molecule has 0 bridgehead atoms. The van der Waals surface area contributed by atoms with Crippen LogP contribution in [0.4, 0.5) is 0 Å². The van der Waals surface area contributed by atoms with Crippen molar-refractivity contribution in [2.45, 2.75) is 18.9 Å². The number of likely N-dealkylation sites (tertiary alicyclic amines) is 1. The van der Waals surface area contributed by atoms with E-state index >= 15 is 0 Å². The van der Waals surface area contributed by atoms with E-state index in [1.165, 1.54) is 6.08 Å². The lowest BCUT2D eigenvalue weighted by atomic mass is 10.1. The van der Waals surface area contributed by atoms with Crippen molar-refractivity contribution in [2.24, 2.45) is 0 Å². The number of β-amino-alcohol motifs (C(OH)–C–C–N with tert-alkyl or cyclic N) is 1. The molecule has 5 heteroatoms. The number of hydrogen-bond acceptors (Lipinski definition) is 2. The molecule has 1 aromatic rings. The lowest BCUT2D eigenvalue weighted by molar-refractivity contribution is -0.128. The Balaban J connectivity index is 2.05. The standard InChI is InChI=1S/C14H15Cl2NO2/c15-11-4-5-13(16)10(8-11)3-6-14(19)17-7-1-2-12(18)9-17/h3-6,8,12,18H,1-2,7,9H2/b6-3+/t12-/m0/s1. The van der Waals surface area contributed by atoms with Crippen LogP contribution in [0.15, 0.2) is 24.3 Å². The van der Waals surface area contributed by atoms with E-state index in [0.717, 1.165) is 12.8 Å². The molecule has 19 heavy (non-hydrogen) atoms. The fraction of sp³-hybridized carbons (Fsp3) is 0.357. The van der Waals surface area contributed by atoms with E-state index in [1.54, 1.807) is 29.2 Å². The number of carbonyl (C=O) groups is 1. The smallest absolute Gasteiger partial charge is 0.246 e. The van der Waals surface area contributed by atoms with Gasteiger partial charge in [-0.05, 0) is 42.7 Å². The van der Waals surface area contributed by atoms with Gasteiger partial charge in [-0.3, -0.25) is 4.79 Å². The molecule has 0 spiro atoms. The summed E-state index contributed by atoms with van der Waals surface area (Å²) in [6.07, 6.45) is 4.29. The number of aliphatic hydroxyl groups excluding tert-OH is 1. The number of rotatable bonds is 2. The van der Waals surface area contributed by atoms with Crippen LogP contribution in [-0.2, 0) is 4.79 Å². The van der Waals surface area contributed by atoms with Crippen LogP contribution in [0.3, 0.4) is 0 Å². The summed E-state index contributed by atoms with van der Waals surface area (Å²) < 4.78 is 0. The van der Waals surface area contributed by atoms with E-state index in [2.05, 4.69) is 0 Å². The molecule has 1 amide bonds. The van der Waals surface area contributed by atoms with Gasteiger partial charge in [0.25, 0.3) is 0 Å². The summed E-state index contributed by atoms with van der Waals surface area (Å²) in [6.45, 7) is 1.08. The normalized spacial score (nSPS) is 19.9. The second kappa shape index (κ2) is 6.42. The molecule has 2 rings (SSSR count). The second-order valence-electron chi connectivity index (χ2n) is 4.58. The van der Waals surface area contributed by atoms with Crippen LogP contribution in [-0.4, -0.2) is 35.1 Å². The Kier molecular flexibility index (Phi) is 4.86. The van der Waals surface area contributed by atoms with Gasteiger partial charge in [-0.25, -0.2) is 0 Å². The van der Waals surface area contributed by atoms with Gasteiger partial charge >= 0.3 is 0 Å². The van der Waals surface area contributed by atoms with Crippen LogP contribution in [0.2, 0.25) is 10.0 Å². The third-order valence-corrected chi connectivity index (χ3v) is 3.65. The molecule has 3 nitrogen and oxygen atoms in total. The Morgan fingerprint density at radius 1 is 1.42 bits per heavy atom. The summed E-state index contributed by atoms with van der Waals surface area (Å²) in [5.74, 6) is -0.116. The summed E-state index contributed by atoms with van der Waals surface area (Å²) in [5, 5.41) is 10.7. The predicted molar refractivity (Wildman–Crippen MR) is 77.3 cm³/mol. The molecule has 0 aromatic heterocycles. The van der Waals surface area contributed by atoms with Crippen LogP contribution in [0, 0.1) is 0 Å². The first-order valence-corrected chi connectivity index (χ1v) is 6.92. The van der Waals surface area contributed by atoms with Crippen LogP contribution in [0.1, 0.15) is 18.4 Å². The maximum absolute atomic E-state index is 12.0. The molecule has 0 aliphatic carbocycles. The fourth-order valence-electron chi connectivity index (χ4n) is 2.06. The van der Waals surface area contributed by atoms with Crippen molar-refractivity contribution in [2.75, 3.05) is 13.1 Å². The molecule has 102 valence electrons. The molecule has 1 aromatic carbocycles. The van der Waals surface area contributed by atoms with Gasteiger partial charge < -0.3 is 10.0 Å². The first kappa shape index (κ1) is 14.4. The Labute approximate surface area is 122 Å². The summed E-state index contributed by atoms with van der Waals surface area (Å²) in [4.78, 5) is 13.6. The zero-order valence-corrected chi connectivity index (χ0v) is 11.9. The Morgan fingerprint density at radius 3 is 2.95 bits per heavy atom. The van der Waals surface area contributed by atoms with Gasteiger partial charge in [-0.1, -0.05) is 23.2 Å². The highest BCUT2D eigenvalue weighted by atomic mass is 35.5. The summed E-state index contributed by atoms with van der Waals surface area (Å²) in [7, 11) is 0. The number of aliphatic hydroxyl groups is 1. The largest absolute Gasteiger partial charge is 0.391 e. The monoisotopic (exact) mass is 299 g/mol. The van der Waals surface area contributed by atoms with Crippen molar-refractivity contribution in [3.05, 3.63) is 39.9 Å². The Hall–Kier alpha value is -1.03. The number of benzene rings is 1. The van der Waals surface area contributed by atoms with Gasteiger partial charge in [0.15, 0.2) is 0 Å². The maximum atomic E-state index is 12.0. The van der Waals surface area contributed by atoms with E-state index in [-0.39, 0.29) is 5.91 Å². The third-order valence-electron chi connectivity index (χ3n) is 3.07. The van der Waals surface area contributed by atoms with Crippen LogP contribution in [0.5, 0.6) is 0 Å². The third kappa shape index (κ3) is 3.96. The minimum atomic E-state index is -0.416. The van der Waals surface area contributed by atoms with Gasteiger partial charge in [0, 0.05) is 29.2 Å². The average Bonchev–Trinajstić information content (AvgIpc) is 2.39. The average molecular weight is 300 g/mol.